The van der Waals surface area contributed by atoms with Crippen LogP contribution >= 0.6 is 0 Å². The van der Waals surface area contributed by atoms with Gasteiger partial charge in [-0.1, -0.05) is 18.2 Å². The van der Waals surface area contributed by atoms with Crippen molar-refractivity contribution >= 4 is 34.1 Å². The largest absolute Gasteiger partial charge is 0.493 e. The van der Waals surface area contributed by atoms with Gasteiger partial charge in [0.25, 0.3) is 5.91 Å². The van der Waals surface area contributed by atoms with Crippen LogP contribution in [0.2, 0.25) is 0 Å². The van der Waals surface area contributed by atoms with Gasteiger partial charge in [0.2, 0.25) is 5.75 Å². The van der Waals surface area contributed by atoms with Crippen LogP contribution in [0, 0.1) is 13.8 Å². The third kappa shape index (κ3) is 7.44. The topological polar surface area (TPSA) is 141 Å². The molecule has 0 atom stereocenters. The lowest BCUT2D eigenvalue weighted by Crippen LogP contribution is -2.45. The van der Waals surface area contributed by atoms with Gasteiger partial charge < -0.3 is 31.0 Å². The molecule has 1 fully saturated rings. The molecule has 0 saturated carbocycles. The van der Waals surface area contributed by atoms with Crippen molar-refractivity contribution in [3.05, 3.63) is 82.5 Å². The molecule has 0 bridgehead atoms. The summed E-state index contributed by atoms with van der Waals surface area (Å²) in [5.41, 5.74) is 18.0. The summed E-state index contributed by atoms with van der Waals surface area (Å²) in [4.78, 5) is 25.9. The van der Waals surface area contributed by atoms with E-state index >= 15 is 0 Å². The summed E-state index contributed by atoms with van der Waals surface area (Å²) in [6.07, 6.45) is 0. The van der Waals surface area contributed by atoms with Crippen LogP contribution in [0.5, 0.6) is 17.2 Å². The van der Waals surface area contributed by atoms with Gasteiger partial charge in [0.05, 0.1) is 32.5 Å². The highest BCUT2D eigenvalue weighted by molar-refractivity contribution is 6.04. The molecule has 45 heavy (non-hydrogen) atoms. The zero-order valence-corrected chi connectivity index (χ0v) is 26.5. The summed E-state index contributed by atoms with van der Waals surface area (Å²) in [5.74, 6) is 1.08. The van der Waals surface area contributed by atoms with Crippen molar-refractivity contribution in [3.8, 4) is 17.2 Å². The van der Waals surface area contributed by atoms with E-state index in [1.165, 1.54) is 0 Å². The number of fused-ring (bicyclic) bond motifs is 1. The molecule has 0 radical (unpaired) electrons. The van der Waals surface area contributed by atoms with E-state index in [4.69, 9.17) is 25.7 Å². The first-order chi connectivity index (χ1) is 21.7. The summed E-state index contributed by atoms with van der Waals surface area (Å²) in [6.45, 7) is 9.34. The molecule has 1 amide bonds. The lowest BCUT2D eigenvalue weighted by molar-refractivity contribution is 0.0998. The van der Waals surface area contributed by atoms with Crippen molar-refractivity contribution in [2.75, 3.05) is 52.8 Å². The number of nitrogens with zero attached hydrogens (tertiary/aromatic N) is 4. The predicted octanol–water partition coefficient (Wildman–Crippen LogP) is 4.35. The number of guanidine groups is 1. The second-order valence-corrected chi connectivity index (χ2v) is 11.3. The molecule has 11 nitrogen and oxygen atoms in total. The van der Waals surface area contributed by atoms with Crippen LogP contribution in [0.15, 0.2) is 59.6 Å². The van der Waals surface area contributed by atoms with E-state index in [0.717, 1.165) is 78.3 Å². The van der Waals surface area contributed by atoms with Gasteiger partial charge in [0.1, 0.15) is 5.69 Å². The number of benzene rings is 3. The van der Waals surface area contributed by atoms with E-state index in [-0.39, 0.29) is 11.7 Å². The Balaban J connectivity index is 1.34. The van der Waals surface area contributed by atoms with Crippen LogP contribution in [-0.4, -0.2) is 74.2 Å². The Labute approximate surface area is 263 Å². The summed E-state index contributed by atoms with van der Waals surface area (Å²) in [5, 5.41) is 4.42. The summed E-state index contributed by atoms with van der Waals surface area (Å²) >= 11 is 0. The van der Waals surface area contributed by atoms with Crippen molar-refractivity contribution in [2.45, 2.75) is 26.9 Å². The van der Waals surface area contributed by atoms with Crippen molar-refractivity contribution in [1.29, 1.82) is 0 Å². The van der Waals surface area contributed by atoms with Crippen LogP contribution in [0.25, 0.3) is 10.9 Å². The van der Waals surface area contributed by atoms with Gasteiger partial charge in [-0.15, -0.1) is 0 Å². The smallest absolute Gasteiger partial charge is 0.298 e. The standard InChI is InChI=1S/C34H41N7O4/c1-21-14-22(2)16-25(15-21)37-28-18-29(33(42)39-34(35)36)38-27-8-6-23(17-26(27)28)19-40-10-12-41(13-11-40)20-24-7-9-30(43-3)32(45-5)31(24)44-4/h6-9,14-18H,10-13,19-20H2,1-5H3,(H,37,38)(H4,35,36,39,42). The number of nitrogens with one attached hydrogen (secondary N) is 1. The first kappa shape index (κ1) is 31.6. The maximum Gasteiger partial charge on any atom is 0.298 e. The predicted molar refractivity (Wildman–Crippen MR) is 178 cm³/mol. The van der Waals surface area contributed by atoms with Crippen molar-refractivity contribution in [3.63, 3.8) is 0 Å². The first-order valence-corrected chi connectivity index (χ1v) is 14.8. The fraction of sp³-hybridized carbons (Fsp3) is 0.324. The van der Waals surface area contributed by atoms with Gasteiger partial charge >= 0.3 is 0 Å². The Morgan fingerprint density at radius 2 is 1.51 bits per heavy atom. The number of aliphatic imine (C=N–C) groups is 1. The highest BCUT2D eigenvalue weighted by Crippen LogP contribution is 2.40. The molecule has 1 saturated heterocycles. The van der Waals surface area contributed by atoms with E-state index in [9.17, 15) is 4.79 Å². The van der Waals surface area contributed by atoms with Gasteiger partial charge in [-0.3, -0.25) is 14.6 Å². The lowest BCUT2D eigenvalue weighted by Gasteiger charge is -2.35. The Morgan fingerprint density at radius 3 is 2.13 bits per heavy atom. The molecule has 1 aliphatic rings. The van der Waals surface area contributed by atoms with Gasteiger partial charge in [-0.2, -0.15) is 4.99 Å². The minimum absolute atomic E-state index is 0.165. The number of aryl methyl sites for hydroxylation is 2. The van der Waals surface area contributed by atoms with E-state index in [2.05, 4.69) is 69.3 Å². The highest BCUT2D eigenvalue weighted by atomic mass is 16.5. The van der Waals surface area contributed by atoms with E-state index in [0.29, 0.717) is 22.8 Å². The summed E-state index contributed by atoms with van der Waals surface area (Å²) in [7, 11) is 4.90. The van der Waals surface area contributed by atoms with Gasteiger partial charge in [-0.25, -0.2) is 4.98 Å². The Morgan fingerprint density at radius 1 is 0.844 bits per heavy atom. The fourth-order valence-electron chi connectivity index (χ4n) is 5.85. The quantitative estimate of drug-likeness (QED) is 0.175. The number of pyridine rings is 1. The number of hydrogen-bond acceptors (Lipinski definition) is 8. The first-order valence-electron chi connectivity index (χ1n) is 14.8. The number of ether oxygens (including phenoxy) is 3. The molecule has 4 aromatic rings. The molecule has 1 aromatic heterocycles. The molecule has 3 aromatic carbocycles. The van der Waals surface area contributed by atoms with E-state index < -0.39 is 5.91 Å². The van der Waals surface area contributed by atoms with Crippen LogP contribution in [-0.2, 0) is 13.1 Å². The highest BCUT2D eigenvalue weighted by Gasteiger charge is 2.22. The van der Waals surface area contributed by atoms with Crippen LogP contribution < -0.4 is 31.0 Å². The number of hydrogen-bond donors (Lipinski definition) is 3. The normalized spacial score (nSPS) is 13.8. The monoisotopic (exact) mass is 611 g/mol. The molecule has 1 aliphatic heterocycles. The molecular weight excluding hydrogens is 570 g/mol. The average Bonchev–Trinajstić information content (AvgIpc) is 3.01. The van der Waals surface area contributed by atoms with Crippen molar-refractivity contribution in [1.82, 2.24) is 14.8 Å². The van der Waals surface area contributed by atoms with Crippen LogP contribution in [0.1, 0.15) is 32.7 Å². The molecular formula is C34H41N7O4. The Bertz CT molecular complexity index is 1710. The summed E-state index contributed by atoms with van der Waals surface area (Å²) in [6, 6.07) is 18.1. The average molecular weight is 612 g/mol. The third-order valence-corrected chi connectivity index (χ3v) is 7.87. The third-order valence-electron chi connectivity index (χ3n) is 7.87. The van der Waals surface area contributed by atoms with Gasteiger partial charge in [-0.05, 0) is 66.9 Å². The van der Waals surface area contributed by atoms with Crippen molar-refractivity contribution in [2.24, 2.45) is 16.5 Å². The van der Waals surface area contributed by atoms with Gasteiger partial charge in [0, 0.05) is 55.9 Å². The van der Waals surface area contributed by atoms with Crippen LogP contribution in [0.4, 0.5) is 11.4 Å². The number of carbonyl (C=O) groups is 1. The Kier molecular flexibility index (Phi) is 9.70. The molecule has 236 valence electrons. The number of methoxy groups -OCH3 is 3. The second-order valence-electron chi connectivity index (χ2n) is 11.3. The number of carbonyl (C=O) groups excluding carboxylic acids is 1. The molecule has 2 heterocycles. The molecule has 11 heteroatoms. The number of rotatable bonds is 10. The van der Waals surface area contributed by atoms with Crippen molar-refractivity contribution < 1.29 is 19.0 Å². The van der Waals surface area contributed by atoms with Gasteiger partial charge in [0.15, 0.2) is 17.5 Å². The molecule has 5 rings (SSSR count). The maximum absolute atomic E-state index is 12.7. The van der Waals surface area contributed by atoms with E-state index in [1.807, 2.05) is 18.2 Å². The SMILES string of the molecule is COc1ccc(CN2CCN(Cc3ccc4nc(C(=O)N=C(N)N)cc(Nc5cc(C)cc(C)c5)c4c3)CC2)c(OC)c1OC. The molecule has 0 unspecified atom stereocenters. The lowest BCUT2D eigenvalue weighted by atomic mass is 10.1. The Hall–Kier alpha value is -4.87. The van der Waals surface area contributed by atoms with Crippen LogP contribution in [0.3, 0.4) is 0 Å². The number of nitrogens with two attached hydrogens (primary N) is 2. The number of aromatic nitrogens is 1. The molecule has 5 N–H and O–H groups in total. The number of anilines is 2. The number of piperazine rings is 1. The number of amides is 1. The maximum atomic E-state index is 12.7. The second kappa shape index (κ2) is 13.8. The van der Waals surface area contributed by atoms with E-state index in [1.54, 1.807) is 27.4 Å². The molecule has 0 spiro atoms. The summed E-state index contributed by atoms with van der Waals surface area (Å²) < 4.78 is 16.7. The zero-order chi connectivity index (χ0) is 32.1. The minimum atomic E-state index is -0.590. The zero-order valence-electron chi connectivity index (χ0n) is 26.5. The molecule has 0 aliphatic carbocycles. The fourth-order valence-corrected chi connectivity index (χ4v) is 5.85. The minimum Gasteiger partial charge on any atom is -0.493 e.